The molecule has 8 nitrogen and oxygen atoms in total. The number of carbonyl (C=O) groups excluding carboxylic acids is 1. The number of urea groups is 1. The van der Waals surface area contributed by atoms with Gasteiger partial charge in [-0.25, -0.2) is 31.5 Å². The monoisotopic (exact) mass is 323 g/mol. The average Bonchev–Trinajstić information content (AvgIpc) is 2.33. The molecule has 0 spiro atoms. The minimum absolute atomic E-state index is 0.164. The first-order valence-electron chi connectivity index (χ1n) is 5.41. The number of carbonyl (C=O) groups is 2. The van der Waals surface area contributed by atoms with E-state index in [1.807, 2.05) is 4.72 Å². The number of halogens is 2. The van der Waals surface area contributed by atoms with Gasteiger partial charge in [0.2, 0.25) is 10.0 Å². The maximum atomic E-state index is 13.8. The molecule has 0 aliphatic heterocycles. The summed E-state index contributed by atoms with van der Waals surface area (Å²) in [5.74, 6) is -5.04. The van der Waals surface area contributed by atoms with E-state index in [0.717, 1.165) is 0 Å². The number of aromatic carboxylic acids is 1. The molecule has 0 heterocycles. The topological polar surface area (TPSA) is 139 Å². The van der Waals surface area contributed by atoms with Gasteiger partial charge in [0.25, 0.3) is 0 Å². The first-order chi connectivity index (χ1) is 9.66. The fourth-order valence-electron chi connectivity index (χ4n) is 1.39. The highest BCUT2D eigenvalue weighted by molar-refractivity contribution is 7.89. The standard InChI is InChI=1S/C10H11F2N3O5S/c11-5-1-2-6(8(12)7(5)9(16)17)21(19,20)15-4-3-14-10(13)18/h1-2,15H,3-4H2,(H,16,17)(H3,13,14,18). The van der Waals surface area contributed by atoms with Crippen LogP contribution in [0.25, 0.3) is 0 Å². The van der Waals surface area contributed by atoms with Crippen LogP contribution in [0, 0.1) is 11.6 Å². The number of hydrogen-bond donors (Lipinski definition) is 4. The number of rotatable bonds is 6. The van der Waals surface area contributed by atoms with Gasteiger partial charge in [-0.3, -0.25) is 0 Å². The highest BCUT2D eigenvalue weighted by Crippen LogP contribution is 2.20. The molecule has 0 bridgehead atoms. The summed E-state index contributed by atoms with van der Waals surface area (Å²) < 4.78 is 52.4. The molecule has 0 saturated heterocycles. The number of nitrogens with two attached hydrogens (primary N) is 1. The van der Waals surface area contributed by atoms with E-state index in [0.29, 0.717) is 12.1 Å². The van der Waals surface area contributed by atoms with Crippen LogP contribution in [0.3, 0.4) is 0 Å². The van der Waals surface area contributed by atoms with Gasteiger partial charge in [0, 0.05) is 13.1 Å². The van der Waals surface area contributed by atoms with Crippen LogP contribution in [0.5, 0.6) is 0 Å². The molecule has 5 N–H and O–H groups in total. The predicted molar refractivity (Wildman–Crippen MR) is 66.1 cm³/mol. The SMILES string of the molecule is NC(=O)NCCNS(=O)(=O)c1ccc(F)c(C(=O)O)c1F. The van der Waals surface area contributed by atoms with Gasteiger partial charge in [-0.15, -0.1) is 0 Å². The summed E-state index contributed by atoms with van der Waals surface area (Å²) in [6, 6.07) is 0.249. The van der Waals surface area contributed by atoms with E-state index >= 15 is 0 Å². The van der Waals surface area contributed by atoms with Crippen molar-refractivity contribution in [2.45, 2.75) is 4.90 Å². The Bertz CT molecular complexity index is 678. The number of sulfonamides is 1. The lowest BCUT2D eigenvalue weighted by molar-refractivity contribution is 0.0685. The maximum Gasteiger partial charge on any atom is 0.341 e. The lowest BCUT2D eigenvalue weighted by atomic mass is 10.2. The van der Waals surface area contributed by atoms with Gasteiger partial charge in [0.1, 0.15) is 16.3 Å². The molecule has 0 aliphatic carbocycles. The third kappa shape index (κ3) is 4.10. The number of nitrogens with one attached hydrogen (secondary N) is 2. The van der Waals surface area contributed by atoms with Crippen LogP contribution in [-0.4, -0.2) is 38.6 Å². The smallest absolute Gasteiger partial charge is 0.341 e. The summed E-state index contributed by atoms with van der Waals surface area (Å²) in [5.41, 5.74) is 3.39. The molecule has 2 amide bonds. The number of carboxylic acids is 1. The van der Waals surface area contributed by atoms with Gasteiger partial charge in [0.15, 0.2) is 5.82 Å². The molecule has 0 atom stereocenters. The maximum absolute atomic E-state index is 13.8. The van der Waals surface area contributed by atoms with Gasteiger partial charge in [-0.05, 0) is 12.1 Å². The van der Waals surface area contributed by atoms with Crippen molar-refractivity contribution in [2.75, 3.05) is 13.1 Å². The second-order valence-corrected chi connectivity index (χ2v) is 5.46. The summed E-state index contributed by atoms with van der Waals surface area (Å²) in [4.78, 5) is 20.1. The van der Waals surface area contributed by atoms with Gasteiger partial charge >= 0.3 is 12.0 Å². The van der Waals surface area contributed by atoms with Crippen molar-refractivity contribution in [3.8, 4) is 0 Å². The molecule has 1 aromatic carbocycles. The molecule has 21 heavy (non-hydrogen) atoms. The van der Waals surface area contributed by atoms with Gasteiger partial charge in [-0.2, -0.15) is 0 Å². The number of primary amides is 1. The summed E-state index contributed by atoms with van der Waals surface area (Å²) in [7, 11) is -4.41. The van der Waals surface area contributed by atoms with Crippen molar-refractivity contribution in [3.05, 3.63) is 29.3 Å². The number of benzene rings is 1. The third-order valence-corrected chi connectivity index (χ3v) is 3.75. The molecule has 0 aromatic heterocycles. The van der Waals surface area contributed by atoms with Crippen molar-refractivity contribution in [2.24, 2.45) is 5.73 Å². The van der Waals surface area contributed by atoms with E-state index in [1.54, 1.807) is 0 Å². The molecular weight excluding hydrogens is 312 g/mol. The Labute approximate surface area is 118 Å². The van der Waals surface area contributed by atoms with Crippen molar-refractivity contribution >= 4 is 22.0 Å². The molecule has 0 aliphatic rings. The van der Waals surface area contributed by atoms with E-state index < -0.39 is 44.1 Å². The minimum Gasteiger partial charge on any atom is -0.477 e. The normalized spacial score (nSPS) is 11.1. The Kier molecular flexibility index (Phi) is 5.16. The fraction of sp³-hybridized carbons (Fsp3) is 0.200. The molecule has 116 valence electrons. The van der Waals surface area contributed by atoms with Crippen molar-refractivity contribution < 1.29 is 31.9 Å². The van der Waals surface area contributed by atoms with Crippen LogP contribution >= 0.6 is 0 Å². The second kappa shape index (κ2) is 6.45. The molecular formula is C10H11F2N3O5S. The zero-order chi connectivity index (χ0) is 16.2. The summed E-state index contributed by atoms with van der Waals surface area (Å²) >= 11 is 0. The zero-order valence-corrected chi connectivity index (χ0v) is 11.2. The van der Waals surface area contributed by atoms with Crippen LogP contribution in [0.4, 0.5) is 13.6 Å². The lowest BCUT2D eigenvalue weighted by Crippen LogP contribution is -2.37. The summed E-state index contributed by atoms with van der Waals surface area (Å²) in [5, 5.41) is 10.7. The Hall–Kier alpha value is -2.27. The van der Waals surface area contributed by atoms with Crippen LogP contribution in [0.15, 0.2) is 17.0 Å². The largest absolute Gasteiger partial charge is 0.477 e. The molecule has 0 saturated carbocycles. The van der Waals surface area contributed by atoms with E-state index in [9.17, 15) is 26.8 Å². The Morgan fingerprint density at radius 2 is 1.86 bits per heavy atom. The Morgan fingerprint density at radius 1 is 1.24 bits per heavy atom. The van der Waals surface area contributed by atoms with Gasteiger partial charge in [-0.1, -0.05) is 0 Å². The lowest BCUT2D eigenvalue weighted by Gasteiger charge is -2.09. The van der Waals surface area contributed by atoms with Crippen molar-refractivity contribution in [1.82, 2.24) is 10.0 Å². The minimum atomic E-state index is -4.41. The van der Waals surface area contributed by atoms with E-state index in [4.69, 9.17) is 10.8 Å². The van der Waals surface area contributed by atoms with E-state index in [1.165, 1.54) is 0 Å². The summed E-state index contributed by atoms with van der Waals surface area (Å²) in [6.45, 7) is -0.479. The first kappa shape index (κ1) is 16.8. The predicted octanol–water partition coefficient (Wildman–Crippen LogP) is -0.390. The average molecular weight is 323 g/mol. The van der Waals surface area contributed by atoms with E-state index in [-0.39, 0.29) is 13.1 Å². The number of hydrogen-bond acceptors (Lipinski definition) is 4. The Balaban J connectivity index is 3.01. The quantitative estimate of drug-likeness (QED) is 0.528. The highest BCUT2D eigenvalue weighted by Gasteiger charge is 2.26. The van der Waals surface area contributed by atoms with Gasteiger partial charge < -0.3 is 16.2 Å². The van der Waals surface area contributed by atoms with Crippen LogP contribution in [-0.2, 0) is 10.0 Å². The molecule has 0 fully saturated rings. The number of amides is 2. The zero-order valence-electron chi connectivity index (χ0n) is 10.4. The molecule has 1 aromatic rings. The van der Waals surface area contributed by atoms with Crippen LogP contribution < -0.4 is 15.8 Å². The number of carboxylic acid groups (broad SMARTS) is 1. The van der Waals surface area contributed by atoms with E-state index in [2.05, 4.69) is 5.32 Å². The van der Waals surface area contributed by atoms with Crippen molar-refractivity contribution in [3.63, 3.8) is 0 Å². The second-order valence-electron chi connectivity index (χ2n) is 3.73. The van der Waals surface area contributed by atoms with Crippen LogP contribution in [0.2, 0.25) is 0 Å². The summed E-state index contributed by atoms with van der Waals surface area (Å²) in [6.07, 6.45) is 0. The van der Waals surface area contributed by atoms with Crippen molar-refractivity contribution in [1.29, 1.82) is 0 Å². The fourth-order valence-corrected chi connectivity index (χ4v) is 2.50. The third-order valence-electron chi connectivity index (χ3n) is 2.28. The van der Waals surface area contributed by atoms with Gasteiger partial charge in [0.05, 0.1) is 0 Å². The molecule has 11 heteroatoms. The van der Waals surface area contributed by atoms with Crippen LogP contribution in [0.1, 0.15) is 10.4 Å². The molecule has 1 rings (SSSR count). The highest BCUT2D eigenvalue weighted by atomic mass is 32.2. The Morgan fingerprint density at radius 3 is 2.38 bits per heavy atom. The molecule has 0 radical (unpaired) electrons. The first-order valence-corrected chi connectivity index (χ1v) is 6.89. The molecule has 0 unspecified atom stereocenters.